The summed E-state index contributed by atoms with van der Waals surface area (Å²) in [5.74, 6) is 0.495. The average molecular weight is 305 g/mol. The second-order valence-electron chi connectivity index (χ2n) is 7.50. The van der Waals surface area contributed by atoms with Crippen LogP contribution in [0.1, 0.15) is 39.7 Å². The molecule has 0 N–H and O–H groups in total. The van der Waals surface area contributed by atoms with Gasteiger partial charge in [-0.3, -0.25) is 0 Å². The van der Waals surface area contributed by atoms with E-state index < -0.39 is 8.32 Å². The van der Waals surface area contributed by atoms with E-state index in [2.05, 4.69) is 83.3 Å². The van der Waals surface area contributed by atoms with Crippen molar-refractivity contribution in [1.29, 1.82) is 0 Å². The molecule has 0 amide bonds. The molecule has 0 saturated carbocycles. The highest BCUT2D eigenvalue weighted by Crippen LogP contribution is 2.36. The molecular weight excluding hydrogens is 272 g/mol. The van der Waals surface area contributed by atoms with E-state index >= 15 is 0 Å². The topological polar surface area (TPSA) is 9.23 Å². The third-order valence-electron chi connectivity index (χ3n) is 4.42. The molecule has 0 aliphatic carbocycles. The standard InChI is InChI=1S/C19H32OSi/c1-17(16-20-21(5,6)19(2,3)4)12-10-11-15-18-13-8-7-9-14-18/h7-10,12-14,17H,11,15-16H2,1-6H3/b12-10+/t17-/m1/s1. The molecule has 1 nitrogen and oxygen atoms in total. The molecule has 0 aromatic heterocycles. The molecule has 0 aliphatic rings. The van der Waals surface area contributed by atoms with Crippen molar-refractivity contribution in [3.8, 4) is 0 Å². The van der Waals surface area contributed by atoms with Crippen molar-refractivity contribution in [2.75, 3.05) is 6.61 Å². The fourth-order valence-electron chi connectivity index (χ4n) is 1.84. The highest BCUT2D eigenvalue weighted by molar-refractivity contribution is 6.74. The summed E-state index contributed by atoms with van der Waals surface area (Å²) < 4.78 is 6.26. The molecule has 0 aliphatic heterocycles. The van der Waals surface area contributed by atoms with Gasteiger partial charge in [-0.05, 0) is 42.5 Å². The van der Waals surface area contributed by atoms with E-state index in [9.17, 15) is 0 Å². The van der Waals surface area contributed by atoms with Crippen LogP contribution in [0, 0.1) is 5.92 Å². The van der Waals surface area contributed by atoms with Crippen LogP contribution in [0.25, 0.3) is 0 Å². The third-order valence-corrected chi connectivity index (χ3v) is 8.92. The molecule has 21 heavy (non-hydrogen) atoms. The SMILES string of the molecule is C[C@H](/C=C/CCc1ccccc1)CO[Si](C)(C)C(C)(C)C. The first-order valence-corrected chi connectivity index (χ1v) is 11.0. The molecule has 118 valence electrons. The molecule has 0 unspecified atom stereocenters. The molecule has 1 aromatic rings. The fraction of sp³-hybridized carbons (Fsp3) is 0.579. The first-order chi connectivity index (χ1) is 9.72. The molecule has 0 saturated heterocycles. The van der Waals surface area contributed by atoms with E-state index in [1.165, 1.54) is 5.56 Å². The molecule has 1 atom stereocenters. The van der Waals surface area contributed by atoms with Gasteiger partial charge in [-0.2, -0.15) is 0 Å². The fourth-order valence-corrected chi connectivity index (χ4v) is 2.95. The number of aryl methyl sites for hydroxylation is 1. The molecule has 0 bridgehead atoms. The molecule has 2 heteroatoms. The van der Waals surface area contributed by atoms with E-state index in [4.69, 9.17) is 4.43 Å². The Kier molecular flexibility index (Phi) is 6.89. The van der Waals surface area contributed by atoms with Gasteiger partial charge < -0.3 is 4.43 Å². The zero-order valence-corrected chi connectivity index (χ0v) is 15.6. The van der Waals surface area contributed by atoms with Gasteiger partial charge in [-0.15, -0.1) is 0 Å². The Morgan fingerprint density at radius 3 is 2.33 bits per heavy atom. The highest BCUT2D eigenvalue weighted by atomic mass is 28.4. The summed E-state index contributed by atoms with van der Waals surface area (Å²) in [7, 11) is -1.60. The van der Waals surface area contributed by atoms with Crippen molar-refractivity contribution < 1.29 is 4.43 Å². The zero-order valence-electron chi connectivity index (χ0n) is 14.6. The summed E-state index contributed by atoms with van der Waals surface area (Å²) in [5, 5.41) is 0.295. The largest absolute Gasteiger partial charge is 0.416 e. The number of hydrogen-bond donors (Lipinski definition) is 0. The minimum atomic E-state index is -1.60. The van der Waals surface area contributed by atoms with E-state index in [1.54, 1.807) is 0 Å². The quantitative estimate of drug-likeness (QED) is 0.454. The maximum absolute atomic E-state index is 6.26. The van der Waals surface area contributed by atoms with Crippen molar-refractivity contribution >= 4 is 8.32 Å². The van der Waals surface area contributed by atoms with Crippen LogP contribution in [-0.2, 0) is 10.8 Å². The van der Waals surface area contributed by atoms with Crippen molar-refractivity contribution in [3.63, 3.8) is 0 Å². The summed E-state index contributed by atoms with van der Waals surface area (Å²) in [5.41, 5.74) is 1.41. The Morgan fingerprint density at radius 1 is 1.14 bits per heavy atom. The van der Waals surface area contributed by atoms with Gasteiger partial charge in [0.2, 0.25) is 0 Å². The monoisotopic (exact) mass is 304 g/mol. The second kappa shape index (κ2) is 7.95. The van der Waals surface area contributed by atoms with E-state index in [1.807, 2.05) is 0 Å². The van der Waals surface area contributed by atoms with Crippen LogP contribution < -0.4 is 0 Å². The van der Waals surface area contributed by atoms with Crippen LogP contribution in [0.3, 0.4) is 0 Å². The lowest BCUT2D eigenvalue weighted by atomic mass is 10.1. The first kappa shape index (κ1) is 18.2. The summed E-state index contributed by atoms with van der Waals surface area (Å²) in [6, 6.07) is 10.7. The number of allylic oxidation sites excluding steroid dienone is 1. The van der Waals surface area contributed by atoms with Crippen LogP contribution in [0.15, 0.2) is 42.5 Å². The number of hydrogen-bond acceptors (Lipinski definition) is 1. The first-order valence-electron chi connectivity index (χ1n) is 8.07. The van der Waals surface area contributed by atoms with Gasteiger partial charge in [0.05, 0.1) is 0 Å². The molecule has 1 aromatic carbocycles. The van der Waals surface area contributed by atoms with Crippen molar-refractivity contribution in [1.82, 2.24) is 0 Å². The maximum atomic E-state index is 6.26. The summed E-state index contributed by atoms with van der Waals surface area (Å²) in [4.78, 5) is 0. The Labute approximate surface area is 132 Å². The second-order valence-corrected chi connectivity index (χ2v) is 12.3. The lowest BCUT2D eigenvalue weighted by Gasteiger charge is -2.36. The van der Waals surface area contributed by atoms with Crippen molar-refractivity contribution in [2.45, 2.75) is 58.7 Å². The van der Waals surface area contributed by atoms with Gasteiger partial charge in [-0.25, -0.2) is 0 Å². The van der Waals surface area contributed by atoms with Gasteiger partial charge in [-0.1, -0.05) is 70.2 Å². The molecule has 0 radical (unpaired) electrons. The Hall–Kier alpha value is -0.863. The van der Waals surface area contributed by atoms with Crippen LogP contribution >= 0.6 is 0 Å². The van der Waals surface area contributed by atoms with Gasteiger partial charge in [0.15, 0.2) is 8.32 Å². The average Bonchev–Trinajstić information content (AvgIpc) is 2.41. The van der Waals surface area contributed by atoms with Crippen LogP contribution in [0.2, 0.25) is 18.1 Å². The van der Waals surface area contributed by atoms with Gasteiger partial charge in [0, 0.05) is 6.61 Å². The Balaban J connectivity index is 2.30. The summed E-state index contributed by atoms with van der Waals surface area (Å²) >= 11 is 0. The molecule has 0 fully saturated rings. The summed E-state index contributed by atoms with van der Waals surface area (Å²) in [6.45, 7) is 14.6. The number of rotatable bonds is 7. The van der Waals surface area contributed by atoms with Crippen molar-refractivity contribution in [3.05, 3.63) is 48.0 Å². The Bertz CT molecular complexity index is 429. The van der Waals surface area contributed by atoms with Crippen molar-refractivity contribution in [2.24, 2.45) is 5.92 Å². The molecule has 0 heterocycles. The normalized spacial score (nSPS) is 14.6. The predicted molar refractivity (Wildman–Crippen MR) is 96.2 cm³/mol. The molecular formula is C19H32OSi. The number of benzene rings is 1. The van der Waals surface area contributed by atoms with Gasteiger partial charge in [0.1, 0.15) is 0 Å². The van der Waals surface area contributed by atoms with E-state index in [0.717, 1.165) is 19.4 Å². The summed E-state index contributed by atoms with van der Waals surface area (Å²) in [6.07, 6.45) is 6.82. The van der Waals surface area contributed by atoms with Crippen LogP contribution in [-0.4, -0.2) is 14.9 Å². The Morgan fingerprint density at radius 2 is 1.76 bits per heavy atom. The smallest absolute Gasteiger partial charge is 0.192 e. The van der Waals surface area contributed by atoms with E-state index in [0.29, 0.717) is 11.0 Å². The minimum absolute atomic E-state index is 0.295. The van der Waals surface area contributed by atoms with Crippen LogP contribution in [0.4, 0.5) is 0 Å². The van der Waals surface area contributed by atoms with Gasteiger partial charge >= 0.3 is 0 Å². The lowest BCUT2D eigenvalue weighted by molar-refractivity contribution is 0.259. The van der Waals surface area contributed by atoms with Gasteiger partial charge in [0.25, 0.3) is 0 Å². The van der Waals surface area contributed by atoms with Crippen LogP contribution in [0.5, 0.6) is 0 Å². The lowest BCUT2D eigenvalue weighted by Crippen LogP contribution is -2.41. The maximum Gasteiger partial charge on any atom is 0.192 e. The molecule has 0 spiro atoms. The minimum Gasteiger partial charge on any atom is -0.416 e. The molecule has 1 rings (SSSR count). The predicted octanol–water partition coefficient (Wildman–Crippen LogP) is 5.83. The van der Waals surface area contributed by atoms with E-state index in [-0.39, 0.29) is 0 Å². The third kappa shape index (κ3) is 6.62. The zero-order chi connectivity index (χ0) is 15.9. The highest BCUT2D eigenvalue weighted by Gasteiger charge is 2.37.